The van der Waals surface area contributed by atoms with E-state index in [4.69, 9.17) is 28.4 Å². The van der Waals surface area contributed by atoms with Crippen molar-refractivity contribution in [2.75, 3.05) is 46.2 Å². The first-order chi connectivity index (χ1) is 37.9. The molecule has 78 heavy (non-hydrogen) atoms. The monoisotopic (exact) mass is 1090 g/mol. The van der Waals surface area contributed by atoms with Gasteiger partial charge < -0.3 is 37.9 Å². The second kappa shape index (κ2) is 31.3. The van der Waals surface area contributed by atoms with Crippen molar-refractivity contribution < 1.29 is 76.3 Å². The minimum absolute atomic E-state index is 0.0255. The Morgan fingerprint density at radius 1 is 0.321 bits per heavy atom. The summed E-state index contributed by atoms with van der Waals surface area (Å²) in [5.74, 6) is 7.74. The number of ketones is 2. The molecule has 10 atom stereocenters. The van der Waals surface area contributed by atoms with Gasteiger partial charge in [0.1, 0.15) is 29.9 Å². The molecule has 12 bridgehead atoms. The Bertz CT molecular complexity index is 1870. The normalized spacial score (nSPS) is 37.4. The summed E-state index contributed by atoms with van der Waals surface area (Å²) in [4.78, 5) is 85.6. The van der Waals surface area contributed by atoms with Crippen LogP contribution in [0, 0.1) is 65.1 Å². The predicted molar refractivity (Wildman–Crippen MR) is 285 cm³/mol. The molecule has 10 unspecified atom stereocenters. The van der Waals surface area contributed by atoms with Crippen LogP contribution in [0.2, 0.25) is 0 Å². The van der Waals surface area contributed by atoms with Gasteiger partial charge in [0.15, 0.2) is 0 Å². The molecule has 0 radical (unpaired) electrons. The van der Waals surface area contributed by atoms with Crippen LogP contribution in [0.3, 0.4) is 0 Å². The van der Waals surface area contributed by atoms with Gasteiger partial charge in [0.05, 0.1) is 37.6 Å². The number of rotatable bonds is 0. The highest BCUT2D eigenvalue weighted by Crippen LogP contribution is 2.54. The van der Waals surface area contributed by atoms with Crippen molar-refractivity contribution in [2.45, 2.75) is 230 Å². The van der Waals surface area contributed by atoms with Gasteiger partial charge in [-0.2, -0.15) is 0 Å². The Morgan fingerprint density at radius 2 is 0.808 bits per heavy atom. The molecule has 8 aliphatic heterocycles. The van der Waals surface area contributed by atoms with Crippen molar-refractivity contribution in [2.24, 2.45) is 65.1 Å². The standard InChI is InChI=1S/C10H14O.C8H10O2.C7H10O2.C7H10O.C6H8O2.C6H10O2.C5H8O2.C5H10O.C4H6O2.C4H8O/c11-10-8-2-6-1-7(4-8)5-9(10)3-6;9-8-6-2-4-1-5(6)7(3-4)10-8;8-7-5-2-1-3-6(4-5)9-7;8-7-4-5-1-2-6(7)3-5;7-6-4-1-2-5(3-4)8-6;7-6-4-2-1-3-5-8-6;6-5-3-1-2-4-7-5;1-2-4-6-5-3-1;5-4-2-1-3-6-4;1-2-4-5-3-1/h6-9H,1-5H2;4-7H,1-3H2;5-6H,1-4H2;5-6H,1-4H2;4-5H,1-3H2;1-5H2;1-4H2;1-5H2;1-3H2;1-4H2. The van der Waals surface area contributed by atoms with Crippen LogP contribution in [0.4, 0.5) is 0 Å². The number of hydrogen-bond acceptors (Lipinski definition) is 16. The first-order valence-electron chi connectivity index (χ1n) is 31.2. The van der Waals surface area contributed by atoms with Crippen molar-refractivity contribution in [3.05, 3.63) is 0 Å². The molecule has 18 aliphatic rings. The number of esters is 6. The molecule has 8 heterocycles. The molecule has 16 heteroatoms. The molecule has 0 N–H and O–H groups in total. The number of carbonyl (C=O) groups excluding carboxylic acids is 8. The molecular weight excluding hydrogens is 1000 g/mol. The fourth-order valence-electron chi connectivity index (χ4n) is 14.9. The maximum absolute atomic E-state index is 11.6. The van der Waals surface area contributed by atoms with E-state index in [0.29, 0.717) is 92.4 Å². The van der Waals surface area contributed by atoms with Gasteiger partial charge in [-0.3, -0.25) is 38.4 Å². The Labute approximate surface area is 463 Å². The summed E-state index contributed by atoms with van der Waals surface area (Å²) < 4.78 is 39.1. The highest BCUT2D eigenvalue weighted by atomic mass is 16.6. The third kappa shape index (κ3) is 18.8. The van der Waals surface area contributed by atoms with E-state index < -0.39 is 0 Å². The molecule has 0 aromatic carbocycles. The largest absolute Gasteiger partial charge is 0.466 e. The molecule has 0 spiro atoms. The summed E-state index contributed by atoms with van der Waals surface area (Å²) >= 11 is 0. The van der Waals surface area contributed by atoms with E-state index in [1.165, 1.54) is 96.3 Å². The molecule has 10 aliphatic carbocycles. The quantitative estimate of drug-likeness (QED) is 0.163. The Kier molecular flexibility index (Phi) is 24.2. The van der Waals surface area contributed by atoms with Crippen molar-refractivity contribution in [3.63, 3.8) is 0 Å². The lowest BCUT2D eigenvalue weighted by atomic mass is 9.56. The van der Waals surface area contributed by atoms with E-state index in [9.17, 15) is 38.4 Å². The summed E-state index contributed by atoms with van der Waals surface area (Å²) in [6.45, 7) is 5.91. The third-order valence-electron chi connectivity index (χ3n) is 19.0. The third-order valence-corrected chi connectivity index (χ3v) is 19.0. The van der Waals surface area contributed by atoms with Gasteiger partial charge in [-0.05, 0) is 210 Å². The van der Waals surface area contributed by atoms with Gasteiger partial charge in [0.2, 0.25) is 0 Å². The molecule has 18 fully saturated rings. The van der Waals surface area contributed by atoms with Crippen molar-refractivity contribution >= 4 is 47.4 Å². The van der Waals surface area contributed by atoms with Crippen LogP contribution in [0.15, 0.2) is 0 Å². The van der Waals surface area contributed by atoms with E-state index in [1.54, 1.807) is 0 Å². The Hall–Kier alpha value is -3.92. The summed E-state index contributed by atoms with van der Waals surface area (Å²) in [7, 11) is 0. The minimum atomic E-state index is -0.0463. The summed E-state index contributed by atoms with van der Waals surface area (Å²) in [6.07, 6.45) is 37.6. The van der Waals surface area contributed by atoms with Gasteiger partial charge in [-0.1, -0.05) is 0 Å². The van der Waals surface area contributed by atoms with E-state index in [1.807, 2.05) is 0 Å². The number of hydrogen-bond donors (Lipinski definition) is 0. The Balaban J connectivity index is 0.000000115. The maximum Gasteiger partial charge on any atom is 0.309 e. The Morgan fingerprint density at radius 3 is 1.21 bits per heavy atom. The molecule has 0 aromatic rings. The molecule has 0 aromatic heterocycles. The molecule has 8 saturated heterocycles. The molecular formula is C62H94O16. The SMILES string of the molecule is C1CCOC1.C1CCOCC1.O=C1C2CC3CC(C2)CC1C3.O=C1CC2CCC1C2.O=C1CCCCCO1.O=C1CCCCO1.O=C1CCCO1.O=C1OC2CC3CC1C2C3.O=C1OC2CCC1C2.O=C1OC2CCCC1C2. The van der Waals surface area contributed by atoms with Crippen LogP contribution in [0.5, 0.6) is 0 Å². The van der Waals surface area contributed by atoms with Crippen molar-refractivity contribution in [3.8, 4) is 0 Å². The van der Waals surface area contributed by atoms with Gasteiger partial charge in [0, 0.05) is 75.8 Å². The van der Waals surface area contributed by atoms with Crippen molar-refractivity contribution in [1.29, 1.82) is 0 Å². The average molecular weight is 1100 g/mol. The zero-order valence-corrected chi connectivity index (χ0v) is 46.9. The lowest BCUT2D eigenvalue weighted by Gasteiger charge is -2.48. The first-order valence-corrected chi connectivity index (χ1v) is 31.2. The zero-order valence-electron chi connectivity index (χ0n) is 46.9. The van der Waals surface area contributed by atoms with E-state index in [-0.39, 0.29) is 53.8 Å². The average Bonchev–Trinajstić information content (AvgIpc) is 4.48. The number of cyclic esters (lactones) is 3. The minimum Gasteiger partial charge on any atom is -0.466 e. The van der Waals surface area contributed by atoms with Gasteiger partial charge >= 0.3 is 35.8 Å². The number of carbonyl (C=O) groups is 8. The topological polar surface area (TPSA) is 210 Å². The van der Waals surface area contributed by atoms with Crippen LogP contribution in [0.25, 0.3) is 0 Å². The lowest BCUT2D eigenvalue weighted by Crippen LogP contribution is -2.45. The number of fused-ring (bicyclic) bond motifs is 7. The molecule has 438 valence electrons. The van der Waals surface area contributed by atoms with Crippen LogP contribution in [0.1, 0.15) is 212 Å². The smallest absolute Gasteiger partial charge is 0.309 e. The number of Topliss-reactive ketones (excluding diaryl/α,β-unsaturated/α-hetero) is 2. The van der Waals surface area contributed by atoms with Crippen LogP contribution >= 0.6 is 0 Å². The summed E-state index contributed by atoms with van der Waals surface area (Å²) in [5.41, 5.74) is 0. The van der Waals surface area contributed by atoms with Crippen molar-refractivity contribution in [1.82, 2.24) is 0 Å². The zero-order chi connectivity index (χ0) is 54.6. The van der Waals surface area contributed by atoms with Gasteiger partial charge in [-0.25, -0.2) is 0 Å². The fraction of sp³-hybridized carbons (Fsp3) is 0.871. The predicted octanol–water partition coefficient (Wildman–Crippen LogP) is 10.3. The van der Waals surface area contributed by atoms with Crippen LogP contribution in [-0.2, 0) is 76.3 Å². The van der Waals surface area contributed by atoms with E-state index >= 15 is 0 Å². The highest BCUT2D eigenvalue weighted by molar-refractivity contribution is 5.85. The van der Waals surface area contributed by atoms with Gasteiger partial charge in [-0.15, -0.1) is 0 Å². The molecule has 0 amide bonds. The van der Waals surface area contributed by atoms with E-state index in [2.05, 4.69) is 9.47 Å². The van der Waals surface area contributed by atoms with E-state index in [0.717, 1.165) is 146 Å². The summed E-state index contributed by atoms with van der Waals surface area (Å²) in [6, 6.07) is 0. The molecule has 18 rings (SSSR count). The highest BCUT2D eigenvalue weighted by Gasteiger charge is 2.56. The molecule has 16 nitrogen and oxygen atoms in total. The second-order valence-electron chi connectivity index (χ2n) is 25.1. The lowest BCUT2D eigenvalue weighted by molar-refractivity contribution is -0.148. The van der Waals surface area contributed by atoms with Gasteiger partial charge in [0.25, 0.3) is 0 Å². The maximum atomic E-state index is 11.6. The van der Waals surface area contributed by atoms with Crippen LogP contribution < -0.4 is 0 Å². The second-order valence-corrected chi connectivity index (χ2v) is 25.1. The summed E-state index contributed by atoms with van der Waals surface area (Å²) in [5, 5.41) is 0. The molecule has 10 saturated carbocycles. The fourth-order valence-corrected chi connectivity index (χ4v) is 14.9. The number of ether oxygens (including phenoxy) is 8. The first kappa shape index (κ1) is 60.2. The van der Waals surface area contributed by atoms with Crippen LogP contribution in [-0.4, -0.2) is 112 Å².